The van der Waals surface area contributed by atoms with E-state index in [9.17, 15) is 15.3 Å². The van der Waals surface area contributed by atoms with Crippen molar-refractivity contribution in [1.29, 1.82) is 0 Å². The number of benzene rings is 8. The molecule has 12 aliphatic carbocycles. The molecule has 0 spiro atoms. The first-order valence-corrected chi connectivity index (χ1v) is 45.1. The predicted molar refractivity (Wildman–Crippen MR) is 462 cm³/mol. The quantitative estimate of drug-likeness (QED) is 0.0590. The van der Waals surface area contributed by atoms with Gasteiger partial charge >= 0.3 is 0 Å². The topological polar surface area (TPSA) is 144 Å². The number of aromatic hydroxyl groups is 1. The van der Waals surface area contributed by atoms with Gasteiger partial charge in [0.05, 0.1) is 46.8 Å². The summed E-state index contributed by atoms with van der Waals surface area (Å²) in [6.45, 7) is 14.4. The highest BCUT2D eigenvalue weighted by molar-refractivity contribution is 5.54. The van der Waals surface area contributed by atoms with Crippen LogP contribution in [0.2, 0.25) is 0 Å². The molecule has 0 aliphatic heterocycles. The van der Waals surface area contributed by atoms with Crippen molar-refractivity contribution in [3.8, 4) is 46.0 Å². The Morgan fingerprint density at radius 2 is 0.624 bits per heavy atom. The van der Waals surface area contributed by atoms with Gasteiger partial charge < -0.3 is 48.5 Å². The Labute approximate surface area is 697 Å². The molecule has 20 rings (SSSR count). The van der Waals surface area contributed by atoms with Gasteiger partial charge in [0, 0.05) is 5.41 Å². The van der Waals surface area contributed by atoms with Crippen LogP contribution in [0.4, 0.5) is 0 Å². The monoisotopic (exact) mass is 1580 g/mol. The van der Waals surface area contributed by atoms with Gasteiger partial charge in [0.2, 0.25) is 0 Å². The number of ether oxygens (including phenoxy) is 7. The largest absolute Gasteiger partial charge is 0.504 e. The number of fused-ring (bicyclic) bond motifs is 20. The van der Waals surface area contributed by atoms with Gasteiger partial charge in [-0.2, -0.15) is 0 Å². The van der Waals surface area contributed by atoms with Gasteiger partial charge in [0.15, 0.2) is 46.0 Å². The molecule has 0 amide bonds. The second-order valence-corrected chi connectivity index (χ2v) is 38.6. The minimum absolute atomic E-state index is 0.113. The van der Waals surface area contributed by atoms with E-state index in [1.54, 1.807) is 34.0 Å². The Balaban J connectivity index is 0.000000114. The fraction of sp³-hybridized carbons (Fsp3) is 0.543. The van der Waals surface area contributed by atoms with E-state index in [0.29, 0.717) is 96.8 Å². The SMILES string of the molecule is COc1cc2c(cc1O)CCC1C2CC[C@@]2(C)C1CC[C@H]2O.COc1cc2c(cc1OCc1ccccc1)CCC1C2CC[C@@]2(C)C1CC[C@@H]2C.COc1cc2c(cc1OCc1ccccc1)CCC1C2CC[C@@]2(C)C1CC[C@H]2O.COc1cc2c(cc1OCc1ccccc1)CCC1C2CC[C@@]2(C)C1CC[C@H]2OOCc1ccccc1. The first-order valence-electron chi connectivity index (χ1n) is 45.1. The number of rotatable bonds is 17. The number of phenols is 1. The smallest absolute Gasteiger partial charge is 0.161 e. The highest BCUT2D eigenvalue weighted by Gasteiger charge is 2.59. The number of hydrogen-bond acceptors (Lipinski definition) is 12. The van der Waals surface area contributed by atoms with Gasteiger partial charge in [-0.1, -0.05) is 156 Å². The van der Waals surface area contributed by atoms with E-state index in [0.717, 1.165) is 116 Å². The van der Waals surface area contributed by atoms with Crippen LogP contribution in [-0.4, -0.2) is 62.1 Å². The van der Waals surface area contributed by atoms with Crippen molar-refractivity contribution in [2.24, 2.45) is 74.9 Å². The van der Waals surface area contributed by atoms with Crippen molar-refractivity contribution in [1.82, 2.24) is 0 Å². The lowest BCUT2D eigenvalue weighted by Gasteiger charge is -2.50. The fourth-order valence-electron chi connectivity index (χ4n) is 26.6. The third-order valence-corrected chi connectivity index (χ3v) is 33.3. The molecule has 0 radical (unpaired) electrons. The normalized spacial score (nSPS) is 32.6. The maximum Gasteiger partial charge on any atom is 0.161 e. The molecule has 12 unspecified atom stereocenters. The molecule has 0 saturated heterocycles. The molecule has 12 heteroatoms. The molecule has 8 aromatic carbocycles. The van der Waals surface area contributed by atoms with Crippen molar-refractivity contribution in [3.05, 3.63) is 237 Å². The molecule has 12 nitrogen and oxygen atoms in total. The van der Waals surface area contributed by atoms with Gasteiger partial charge in [-0.15, -0.1) is 0 Å². The summed E-state index contributed by atoms with van der Waals surface area (Å²) in [5.74, 6) is 15.2. The number of methoxy groups -OCH3 is 4. The second-order valence-electron chi connectivity index (χ2n) is 38.6. The molecule has 0 bridgehead atoms. The summed E-state index contributed by atoms with van der Waals surface area (Å²) in [6.07, 6.45) is 28.5. The summed E-state index contributed by atoms with van der Waals surface area (Å²) < 4.78 is 41.2. The lowest BCUT2D eigenvalue weighted by atomic mass is 9.54. The predicted octanol–water partition coefficient (Wildman–Crippen LogP) is 23.5. The van der Waals surface area contributed by atoms with Gasteiger partial charge in [-0.3, -0.25) is 0 Å². The molecule has 0 aromatic heterocycles. The lowest BCUT2D eigenvalue weighted by Crippen LogP contribution is -2.44. The summed E-state index contributed by atoms with van der Waals surface area (Å²) >= 11 is 0. The summed E-state index contributed by atoms with van der Waals surface area (Å²) in [7, 11) is 6.88. The van der Waals surface area contributed by atoms with E-state index in [-0.39, 0.29) is 40.3 Å². The van der Waals surface area contributed by atoms with E-state index in [2.05, 4.69) is 138 Å². The van der Waals surface area contributed by atoms with Crippen molar-refractivity contribution in [2.45, 2.75) is 257 Å². The Morgan fingerprint density at radius 1 is 0.316 bits per heavy atom. The maximum atomic E-state index is 10.6. The highest BCUT2D eigenvalue weighted by atomic mass is 17.2. The van der Waals surface area contributed by atoms with Crippen LogP contribution in [0.1, 0.15) is 253 Å². The van der Waals surface area contributed by atoms with Crippen LogP contribution < -0.4 is 33.2 Å². The van der Waals surface area contributed by atoms with Gasteiger partial charge in [-0.05, 0) is 363 Å². The first kappa shape index (κ1) is 81.4. The van der Waals surface area contributed by atoms with Crippen LogP contribution in [0.5, 0.6) is 46.0 Å². The van der Waals surface area contributed by atoms with E-state index < -0.39 is 0 Å². The zero-order chi connectivity index (χ0) is 80.7. The molecular weight excluding hydrogens is 1450 g/mol. The Hall–Kier alpha value is -8.00. The van der Waals surface area contributed by atoms with Crippen molar-refractivity contribution < 1.29 is 58.3 Å². The minimum Gasteiger partial charge on any atom is -0.504 e. The molecule has 8 fully saturated rings. The third-order valence-electron chi connectivity index (χ3n) is 33.3. The standard InChI is InChI=1S/C33H38O4.C27H34O2.C26H32O3.C19H26O3/c1-33-18-17-26-27(29(33)15-16-32(33)37-36-22-24-11-7-4-8-12-24)14-13-25-19-31(30(34-2)20-28(25)26)35-21-23-9-5-3-6-10-23;1-18-9-12-24-22-11-10-20-15-26(29-17-19-7-5-4-6-8-19)25(28-3)16-23(20)21(22)13-14-27(18,24)2;1-26-13-12-19-20(22(26)10-11-25(26)27)9-8-18-14-24(23(28-2)15-21(18)19)29-16-17-6-4-3-5-7-17;1-19-8-7-12-13(15(19)5-6-18(19)21)4-3-11-9-16(20)17(22-2)10-14(11)12/h3-12,19-20,26-27,29,32H,13-18,21-22H2,1-2H3;4-8,15-16,18,21-22,24H,9-14,17H2,1-3H3;3-7,14-15,19-20,22,25,27H,8-13,16H2,1-2H3;9-10,12-13,15,18,20-21H,3-8H2,1-2H3/t26?,27?,29?,32-,33+;18-,21?,22?,24?,27+;19?,20?,22?,25-,26+;12?,13?,15?,18-,19+/m1011/s1. The number of aliphatic hydroxyl groups is 2. The van der Waals surface area contributed by atoms with Crippen molar-refractivity contribution in [2.75, 3.05) is 28.4 Å². The molecule has 622 valence electrons. The molecule has 20 atom stereocenters. The van der Waals surface area contributed by atoms with Crippen molar-refractivity contribution >= 4 is 0 Å². The van der Waals surface area contributed by atoms with E-state index >= 15 is 0 Å². The summed E-state index contributed by atoms with van der Waals surface area (Å²) in [6, 6.07) is 58.8. The summed E-state index contributed by atoms with van der Waals surface area (Å²) in [4.78, 5) is 11.9. The maximum absolute atomic E-state index is 10.6. The van der Waals surface area contributed by atoms with Crippen LogP contribution in [0.3, 0.4) is 0 Å². The molecule has 8 aromatic rings. The number of aliphatic hydroxyl groups excluding tert-OH is 2. The van der Waals surface area contributed by atoms with E-state index in [1.807, 2.05) is 66.7 Å². The van der Waals surface area contributed by atoms with Crippen LogP contribution in [0.15, 0.2) is 170 Å². The van der Waals surface area contributed by atoms with Gasteiger partial charge in [-0.25, -0.2) is 9.78 Å². The van der Waals surface area contributed by atoms with Gasteiger partial charge in [0.1, 0.15) is 26.4 Å². The molecule has 3 N–H and O–H groups in total. The number of hydrogen-bond donors (Lipinski definition) is 3. The Kier molecular flexibility index (Phi) is 24.1. The van der Waals surface area contributed by atoms with Crippen LogP contribution in [0, 0.1) is 74.9 Å². The molecule has 12 aliphatic rings. The first-order chi connectivity index (χ1) is 56.9. The van der Waals surface area contributed by atoms with Gasteiger partial charge in [0.25, 0.3) is 0 Å². The van der Waals surface area contributed by atoms with E-state index in [4.69, 9.17) is 42.9 Å². The molecule has 0 heterocycles. The summed E-state index contributed by atoms with van der Waals surface area (Å²) in [5.41, 5.74) is 17.2. The van der Waals surface area contributed by atoms with Crippen LogP contribution in [-0.2, 0) is 61.9 Å². The Morgan fingerprint density at radius 3 is 1.00 bits per heavy atom. The van der Waals surface area contributed by atoms with E-state index in [1.165, 1.54) is 152 Å². The minimum atomic E-state index is -0.116. The molecular formula is C105H130O12. The van der Waals surface area contributed by atoms with Crippen LogP contribution >= 0.6 is 0 Å². The zero-order valence-electron chi connectivity index (χ0n) is 71.2. The second kappa shape index (κ2) is 34.6. The average molecular weight is 1580 g/mol. The average Bonchev–Trinajstić information content (AvgIpc) is 1.78. The third kappa shape index (κ3) is 15.8. The van der Waals surface area contributed by atoms with Crippen molar-refractivity contribution in [3.63, 3.8) is 0 Å². The Bertz CT molecular complexity index is 4560. The summed E-state index contributed by atoms with van der Waals surface area (Å²) in [5, 5.41) is 31.1. The highest BCUT2D eigenvalue weighted by Crippen LogP contribution is 2.67. The molecule has 117 heavy (non-hydrogen) atoms. The number of phenolic OH excluding ortho intramolecular Hbond substituents is 1. The fourth-order valence-corrected chi connectivity index (χ4v) is 26.6. The number of aryl methyl sites for hydroxylation is 4. The lowest BCUT2D eigenvalue weighted by molar-refractivity contribution is -0.351. The zero-order valence-corrected chi connectivity index (χ0v) is 71.2. The van der Waals surface area contributed by atoms with Crippen LogP contribution in [0.25, 0.3) is 0 Å². The molecule has 8 saturated carbocycles.